The average molecular weight is 395 g/mol. The maximum atomic E-state index is 11.0. The molecular weight excluding hydrogens is 381 g/mol. The van der Waals surface area contributed by atoms with E-state index in [9.17, 15) is 4.79 Å². The van der Waals surface area contributed by atoms with Gasteiger partial charge < -0.3 is 9.67 Å². The van der Waals surface area contributed by atoms with E-state index in [2.05, 4.69) is 0 Å². The second-order valence-electron chi connectivity index (χ2n) is 5.52. The van der Waals surface area contributed by atoms with Crippen LogP contribution < -0.4 is 0 Å². The van der Waals surface area contributed by atoms with Gasteiger partial charge >= 0.3 is 5.97 Å². The maximum Gasteiger partial charge on any atom is 0.303 e. The van der Waals surface area contributed by atoms with Crippen molar-refractivity contribution in [3.05, 3.63) is 75.4 Å². The summed E-state index contributed by atoms with van der Waals surface area (Å²) in [4.78, 5) is 11.0. The highest BCUT2D eigenvalue weighted by molar-refractivity contribution is 6.43. The molecule has 0 atom stereocenters. The lowest BCUT2D eigenvalue weighted by atomic mass is 10.1. The van der Waals surface area contributed by atoms with Gasteiger partial charge in [-0.15, -0.1) is 0 Å². The van der Waals surface area contributed by atoms with Crippen molar-refractivity contribution >= 4 is 40.8 Å². The van der Waals surface area contributed by atoms with Gasteiger partial charge in [-0.2, -0.15) is 0 Å². The van der Waals surface area contributed by atoms with Crippen LogP contribution in [-0.2, 0) is 11.2 Å². The summed E-state index contributed by atoms with van der Waals surface area (Å²) >= 11 is 18.6. The van der Waals surface area contributed by atoms with E-state index in [0.717, 1.165) is 17.0 Å². The Balaban J connectivity index is 2.17. The van der Waals surface area contributed by atoms with Crippen molar-refractivity contribution in [2.45, 2.75) is 12.8 Å². The van der Waals surface area contributed by atoms with Crippen LogP contribution in [0.1, 0.15) is 12.1 Å². The number of nitrogens with zero attached hydrogens (tertiary/aromatic N) is 1. The van der Waals surface area contributed by atoms with Crippen LogP contribution in [0.3, 0.4) is 0 Å². The highest BCUT2D eigenvalue weighted by atomic mass is 35.5. The van der Waals surface area contributed by atoms with Crippen LogP contribution in [0, 0.1) is 0 Å². The van der Waals surface area contributed by atoms with Crippen molar-refractivity contribution in [3.8, 4) is 16.9 Å². The highest BCUT2D eigenvalue weighted by Gasteiger charge is 2.16. The van der Waals surface area contributed by atoms with E-state index in [0.29, 0.717) is 27.2 Å². The van der Waals surface area contributed by atoms with Crippen molar-refractivity contribution in [1.29, 1.82) is 0 Å². The summed E-state index contributed by atoms with van der Waals surface area (Å²) in [6, 6.07) is 16.7. The molecular formula is C19H14Cl3NO2. The van der Waals surface area contributed by atoms with Gasteiger partial charge in [0, 0.05) is 10.7 Å². The first-order valence-corrected chi connectivity index (χ1v) is 8.73. The Labute approximate surface area is 160 Å². The molecule has 0 amide bonds. The molecule has 3 aromatic rings. The first kappa shape index (κ1) is 17.9. The van der Waals surface area contributed by atoms with Gasteiger partial charge in [-0.3, -0.25) is 4.79 Å². The van der Waals surface area contributed by atoms with Gasteiger partial charge in [0.1, 0.15) is 0 Å². The van der Waals surface area contributed by atoms with Gasteiger partial charge in [0.25, 0.3) is 0 Å². The summed E-state index contributed by atoms with van der Waals surface area (Å²) < 4.78 is 1.94. The topological polar surface area (TPSA) is 42.2 Å². The molecule has 6 heteroatoms. The van der Waals surface area contributed by atoms with Crippen molar-refractivity contribution < 1.29 is 9.90 Å². The number of carboxylic acid groups (broad SMARTS) is 1. The van der Waals surface area contributed by atoms with Gasteiger partial charge in [-0.25, -0.2) is 0 Å². The zero-order valence-electron chi connectivity index (χ0n) is 13.0. The van der Waals surface area contributed by atoms with Crippen molar-refractivity contribution in [3.63, 3.8) is 0 Å². The maximum absolute atomic E-state index is 11.0. The van der Waals surface area contributed by atoms with Gasteiger partial charge in [0.05, 0.1) is 27.8 Å². The molecule has 0 fully saturated rings. The van der Waals surface area contributed by atoms with E-state index < -0.39 is 5.97 Å². The average Bonchev–Trinajstić information content (AvgIpc) is 3.00. The smallest absolute Gasteiger partial charge is 0.303 e. The Morgan fingerprint density at radius 1 is 0.960 bits per heavy atom. The van der Waals surface area contributed by atoms with E-state index >= 15 is 0 Å². The quantitative estimate of drug-likeness (QED) is 0.566. The van der Waals surface area contributed by atoms with Crippen LogP contribution in [0.2, 0.25) is 15.1 Å². The molecule has 0 saturated carbocycles. The monoisotopic (exact) mass is 393 g/mol. The van der Waals surface area contributed by atoms with Crippen molar-refractivity contribution in [2.24, 2.45) is 0 Å². The summed E-state index contributed by atoms with van der Waals surface area (Å²) in [6.45, 7) is 0. The Morgan fingerprint density at radius 2 is 1.68 bits per heavy atom. The molecule has 1 N–H and O–H groups in total. The molecule has 1 aromatic heterocycles. The van der Waals surface area contributed by atoms with Gasteiger partial charge in [-0.1, -0.05) is 53.0 Å². The SMILES string of the molecule is O=C(O)CCc1ccc(-c2ccc(Cl)cc2)n1-c1cccc(Cl)c1Cl. The van der Waals surface area contributed by atoms with Crippen LogP contribution in [0.25, 0.3) is 16.9 Å². The largest absolute Gasteiger partial charge is 0.481 e. The minimum atomic E-state index is -0.849. The number of hydrogen-bond acceptors (Lipinski definition) is 1. The van der Waals surface area contributed by atoms with E-state index in [1.165, 1.54) is 0 Å². The van der Waals surface area contributed by atoms with Crippen LogP contribution in [-0.4, -0.2) is 15.6 Å². The molecule has 0 spiro atoms. The van der Waals surface area contributed by atoms with Crippen molar-refractivity contribution in [2.75, 3.05) is 0 Å². The number of halogens is 3. The minimum Gasteiger partial charge on any atom is -0.481 e. The lowest BCUT2D eigenvalue weighted by Gasteiger charge is -2.16. The van der Waals surface area contributed by atoms with E-state index in [1.54, 1.807) is 6.07 Å². The van der Waals surface area contributed by atoms with Crippen LogP contribution in [0.5, 0.6) is 0 Å². The van der Waals surface area contributed by atoms with E-state index in [-0.39, 0.29) is 6.42 Å². The van der Waals surface area contributed by atoms with E-state index in [1.807, 2.05) is 53.1 Å². The number of aromatic nitrogens is 1. The molecule has 2 aromatic carbocycles. The van der Waals surface area contributed by atoms with E-state index in [4.69, 9.17) is 39.9 Å². The molecule has 0 aliphatic heterocycles. The number of aliphatic carboxylic acids is 1. The lowest BCUT2D eigenvalue weighted by Crippen LogP contribution is -2.06. The third-order valence-corrected chi connectivity index (χ3v) is 4.93. The fourth-order valence-corrected chi connectivity index (χ4v) is 3.21. The molecule has 0 unspecified atom stereocenters. The number of hydrogen-bond donors (Lipinski definition) is 1. The second kappa shape index (κ2) is 7.52. The summed E-state index contributed by atoms with van der Waals surface area (Å²) in [6.07, 6.45) is 0.411. The summed E-state index contributed by atoms with van der Waals surface area (Å²) in [5.41, 5.74) is 3.39. The number of aryl methyl sites for hydroxylation is 1. The van der Waals surface area contributed by atoms with Crippen LogP contribution in [0.4, 0.5) is 0 Å². The van der Waals surface area contributed by atoms with Gasteiger partial charge in [-0.05, 0) is 48.4 Å². The normalized spacial score (nSPS) is 10.8. The molecule has 0 bridgehead atoms. The third-order valence-electron chi connectivity index (χ3n) is 3.87. The molecule has 0 aliphatic rings. The first-order valence-electron chi connectivity index (χ1n) is 7.60. The Morgan fingerprint density at radius 3 is 2.36 bits per heavy atom. The third kappa shape index (κ3) is 3.84. The number of carbonyl (C=O) groups is 1. The standard InChI is InChI=1S/C19H14Cl3NO2/c20-13-6-4-12(5-7-13)16-10-8-14(9-11-18(24)25)23(16)17-3-1-2-15(21)19(17)22/h1-8,10H,9,11H2,(H,24,25). The highest BCUT2D eigenvalue weighted by Crippen LogP contribution is 2.34. The summed E-state index contributed by atoms with van der Waals surface area (Å²) in [5.74, 6) is -0.849. The zero-order chi connectivity index (χ0) is 18.0. The fourth-order valence-electron chi connectivity index (χ4n) is 2.70. The Hall–Kier alpha value is -1.94. The van der Waals surface area contributed by atoms with Crippen LogP contribution in [0.15, 0.2) is 54.6 Å². The summed E-state index contributed by atoms with van der Waals surface area (Å²) in [7, 11) is 0. The Kier molecular flexibility index (Phi) is 5.38. The molecule has 25 heavy (non-hydrogen) atoms. The predicted octanol–water partition coefficient (Wildman–Crippen LogP) is 6.12. The molecule has 0 aliphatic carbocycles. The van der Waals surface area contributed by atoms with Crippen molar-refractivity contribution in [1.82, 2.24) is 4.57 Å². The first-order chi connectivity index (χ1) is 12.0. The Bertz CT molecular complexity index is 917. The zero-order valence-corrected chi connectivity index (χ0v) is 15.3. The molecule has 128 valence electrons. The second-order valence-corrected chi connectivity index (χ2v) is 6.74. The molecule has 1 heterocycles. The summed E-state index contributed by atoms with van der Waals surface area (Å²) in [5, 5.41) is 10.5. The van der Waals surface area contributed by atoms with Gasteiger partial charge in [0.15, 0.2) is 0 Å². The van der Waals surface area contributed by atoms with Gasteiger partial charge in [0.2, 0.25) is 0 Å². The predicted molar refractivity (Wildman–Crippen MR) is 102 cm³/mol. The molecule has 3 rings (SSSR count). The fraction of sp³-hybridized carbons (Fsp3) is 0.105. The number of carboxylic acids is 1. The number of rotatable bonds is 5. The minimum absolute atomic E-state index is 0.0300. The molecule has 0 saturated heterocycles. The molecule has 3 nitrogen and oxygen atoms in total. The lowest BCUT2D eigenvalue weighted by molar-refractivity contribution is -0.136. The molecule has 0 radical (unpaired) electrons. The van der Waals surface area contributed by atoms with Crippen LogP contribution >= 0.6 is 34.8 Å². The number of benzene rings is 2.